The van der Waals surface area contributed by atoms with Gasteiger partial charge in [0.1, 0.15) is 35.1 Å². The molecule has 3 heterocycles. The Kier molecular flexibility index (Phi) is 29.7. The lowest BCUT2D eigenvalue weighted by Gasteiger charge is -2.32. The highest BCUT2D eigenvalue weighted by molar-refractivity contribution is 5.86. The minimum Gasteiger partial charge on any atom is -0.511 e. The molecule has 3 aromatic rings. The zero-order chi connectivity index (χ0) is 64.0. The van der Waals surface area contributed by atoms with Crippen molar-refractivity contribution in [3.8, 4) is 0 Å². The molecule has 484 valence electrons. The average molecular weight is 1230 g/mol. The molecule has 88 heavy (non-hydrogen) atoms. The van der Waals surface area contributed by atoms with Gasteiger partial charge in [0.05, 0.1) is 31.6 Å². The fraction of sp³-hybridized carbons (Fsp3) is 0.556. The van der Waals surface area contributed by atoms with E-state index in [4.69, 9.17) is 20.1 Å². The van der Waals surface area contributed by atoms with Crippen molar-refractivity contribution in [1.82, 2.24) is 50.9 Å². The van der Waals surface area contributed by atoms with Gasteiger partial charge in [0.15, 0.2) is 0 Å². The van der Waals surface area contributed by atoms with Gasteiger partial charge in [-0.1, -0.05) is 68.7 Å². The van der Waals surface area contributed by atoms with E-state index in [1.165, 1.54) is 5.56 Å². The minimum absolute atomic E-state index is 0.0205. The molecule has 0 saturated carbocycles. The molecular formula is C63H95N13O12. The summed E-state index contributed by atoms with van der Waals surface area (Å²) in [6.45, 7) is 9.32. The summed E-state index contributed by atoms with van der Waals surface area (Å²) in [7, 11) is 5.67. The summed E-state index contributed by atoms with van der Waals surface area (Å²) in [5.41, 5.74) is 1.82. The highest BCUT2D eigenvalue weighted by Gasteiger charge is 2.29. The van der Waals surface area contributed by atoms with Gasteiger partial charge in [-0.05, 0) is 146 Å². The Bertz CT molecular complexity index is 2780. The number of rotatable bonds is 35. The summed E-state index contributed by atoms with van der Waals surface area (Å²) in [4.78, 5) is 81.4. The summed E-state index contributed by atoms with van der Waals surface area (Å²) in [5, 5.41) is 90.0. The van der Waals surface area contributed by atoms with Crippen molar-refractivity contribution in [2.24, 2.45) is 5.41 Å². The third-order valence-electron chi connectivity index (χ3n) is 15.4. The molecule has 0 spiro atoms. The maximum atomic E-state index is 12.5. The largest absolute Gasteiger partial charge is 0.511 e. The molecule has 2 aliphatic rings. The molecule has 3 amide bonds. The molecule has 1 saturated heterocycles. The van der Waals surface area contributed by atoms with E-state index in [1.807, 2.05) is 80.0 Å². The van der Waals surface area contributed by atoms with Gasteiger partial charge in [0.25, 0.3) is 0 Å². The standard InChI is InChI=1S/C63H95N13O12/c1-6-73(3)41-50(78)37-63(38-51(79)42-74(4)33-34-75(5)43-52(80)39-63)36-49(77)40-66-44(2)35-45-21-23-48(24-22-45)67-60-70-59(71-61(72-60)76-31-27-47(28-32-76)46-17-11-10-12-18-46)65-30-15-9-7-8-13-20-55(81)64-29-16-14-19-53(57(84)85)68-62(88)69-54(58(86)87)25-26-56(82)83/h10-12,17-18,21-24,36-39,44,47,53-54,66,77-80H,6-9,13-16,19-20,25-35,40-43H2,1-5H3,(H,64,81)(H,82,83)(H,84,85)(H,86,87)(H2,68,69,88)(H2,65,67,70,71,72)/b49-36+,50-37+,51-38+,52-39?/t44?,53-,54-,63?/m0/s1. The first kappa shape index (κ1) is 70.8. The van der Waals surface area contributed by atoms with Crippen molar-refractivity contribution < 1.29 is 59.7 Å². The number of aliphatic carboxylic acids is 3. The summed E-state index contributed by atoms with van der Waals surface area (Å²) in [6.07, 6.45) is 13.4. The van der Waals surface area contributed by atoms with Crippen LogP contribution in [0.5, 0.6) is 0 Å². The predicted molar refractivity (Wildman–Crippen MR) is 339 cm³/mol. The number of piperidine rings is 1. The zero-order valence-corrected chi connectivity index (χ0v) is 51.8. The molecule has 0 bridgehead atoms. The molecule has 4 atom stereocenters. The number of carboxylic acids is 3. The number of amides is 3. The molecule has 13 N–H and O–H groups in total. The number of aliphatic hydroxyl groups is 4. The maximum absolute atomic E-state index is 12.5. The van der Waals surface area contributed by atoms with Crippen LogP contribution in [-0.4, -0.2) is 207 Å². The van der Waals surface area contributed by atoms with Crippen molar-refractivity contribution in [2.45, 2.75) is 128 Å². The molecule has 1 aromatic heterocycles. The number of allylic oxidation sites excluding steroid dienone is 4. The number of benzene rings is 2. The first-order chi connectivity index (χ1) is 42.1. The molecular weight excluding hydrogens is 1130 g/mol. The van der Waals surface area contributed by atoms with Crippen molar-refractivity contribution in [3.63, 3.8) is 0 Å². The van der Waals surface area contributed by atoms with Gasteiger partial charge in [-0.2, -0.15) is 15.0 Å². The number of hydrogen-bond acceptors (Lipinski definition) is 19. The number of carbonyl (C=O) groups excluding carboxylic acids is 2. The number of aromatic nitrogens is 3. The minimum atomic E-state index is -1.49. The Morgan fingerprint density at radius 3 is 1.92 bits per heavy atom. The fourth-order valence-electron chi connectivity index (χ4n) is 10.4. The molecule has 2 aliphatic heterocycles. The molecule has 25 heteroatoms. The smallest absolute Gasteiger partial charge is 0.326 e. The Balaban J connectivity index is 1.11. The maximum Gasteiger partial charge on any atom is 0.326 e. The second-order valence-electron chi connectivity index (χ2n) is 23.2. The topological polar surface area (TPSA) is 351 Å². The second-order valence-corrected chi connectivity index (χ2v) is 23.2. The normalized spacial score (nSPS) is 18.4. The lowest BCUT2D eigenvalue weighted by Crippen LogP contribution is -2.51. The van der Waals surface area contributed by atoms with Crippen molar-refractivity contribution in [3.05, 3.63) is 113 Å². The number of carbonyl (C=O) groups is 5. The van der Waals surface area contributed by atoms with Crippen LogP contribution >= 0.6 is 0 Å². The first-order valence-electron chi connectivity index (χ1n) is 30.7. The van der Waals surface area contributed by atoms with Gasteiger partial charge in [0.2, 0.25) is 23.8 Å². The monoisotopic (exact) mass is 1230 g/mol. The van der Waals surface area contributed by atoms with Gasteiger partial charge in [-0.25, -0.2) is 14.4 Å². The van der Waals surface area contributed by atoms with Gasteiger partial charge >= 0.3 is 23.9 Å². The van der Waals surface area contributed by atoms with Crippen molar-refractivity contribution >= 4 is 53.4 Å². The predicted octanol–water partition coefficient (Wildman–Crippen LogP) is 7.21. The number of hydrogen-bond donors (Lipinski definition) is 13. The van der Waals surface area contributed by atoms with Crippen molar-refractivity contribution in [2.75, 3.05) is 109 Å². The number of aliphatic hydroxyl groups excluding tert-OH is 4. The van der Waals surface area contributed by atoms with Crippen molar-refractivity contribution in [1.29, 1.82) is 0 Å². The van der Waals surface area contributed by atoms with Crippen LogP contribution in [0, 0.1) is 5.41 Å². The molecule has 2 unspecified atom stereocenters. The first-order valence-corrected chi connectivity index (χ1v) is 30.7. The Hall–Kier alpha value is -8.00. The second kappa shape index (κ2) is 37.0. The molecule has 0 radical (unpaired) electrons. The van der Waals surface area contributed by atoms with Gasteiger partial charge in [-0.15, -0.1) is 0 Å². The van der Waals surface area contributed by atoms with Crippen LogP contribution in [0.15, 0.2) is 102 Å². The van der Waals surface area contributed by atoms with Crippen LogP contribution in [0.4, 0.5) is 28.3 Å². The SMILES string of the molecule is CCN(C)C/C(O)=C\C1(/C=C(/O)CNC(C)Cc2ccc(Nc3nc(NCCCCCCCC(=O)NCCCC[C@H](NC(=O)N[C@@H](CCC(=O)O)C(=O)O)C(=O)O)nc(N4CCC(c5ccccc5)CC4)n3)cc2)C=C(O)CN(C)CCN(C)C/C(O)=C\1. The highest BCUT2D eigenvalue weighted by Crippen LogP contribution is 2.33. The summed E-state index contributed by atoms with van der Waals surface area (Å²) in [6, 6.07) is 14.7. The lowest BCUT2D eigenvalue weighted by atomic mass is 9.84. The van der Waals surface area contributed by atoms with E-state index < -0.39 is 47.9 Å². The Morgan fingerprint density at radius 2 is 1.30 bits per heavy atom. The molecule has 0 aliphatic carbocycles. The molecule has 5 rings (SSSR count). The summed E-state index contributed by atoms with van der Waals surface area (Å²) >= 11 is 0. The third-order valence-corrected chi connectivity index (χ3v) is 15.4. The van der Waals surface area contributed by atoms with Gasteiger partial charge in [-0.3, -0.25) is 24.3 Å². The van der Waals surface area contributed by atoms with Gasteiger partial charge < -0.3 is 72.5 Å². The number of anilines is 4. The third kappa shape index (κ3) is 26.5. The van der Waals surface area contributed by atoms with Crippen LogP contribution in [0.3, 0.4) is 0 Å². The molecule has 25 nitrogen and oxygen atoms in total. The Labute approximate surface area is 517 Å². The van der Waals surface area contributed by atoms with E-state index in [2.05, 4.69) is 61.1 Å². The van der Waals surface area contributed by atoms with Crippen LogP contribution in [0.2, 0.25) is 0 Å². The number of nitrogens with one attached hydrogen (secondary N) is 6. The summed E-state index contributed by atoms with van der Waals surface area (Å²) in [5.74, 6) is -2.15. The van der Waals surface area contributed by atoms with E-state index >= 15 is 0 Å². The fourth-order valence-corrected chi connectivity index (χ4v) is 10.4. The van der Waals surface area contributed by atoms with E-state index in [0.717, 1.165) is 62.9 Å². The number of urea groups is 1. The van der Waals surface area contributed by atoms with E-state index in [-0.39, 0.29) is 74.0 Å². The van der Waals surface area contributed by atoms with E-state index in [1.54, 1.807) is 24.3 Å². The van der Waals surface area contributed by atoms with Crippen LogP contribution in [0.1, 0.15) is 114 Å². The van der Waals surface area contributed by atoms with Crippen LogP contribution in [0.25, 0.3) is 0 Å². The lowest BCUT2D eigenvalue weighted by molar-refractivity contribution is -0.140. The van der Waals surface area contributed by atoms with Crippen LogP contribution in [-0.2, 0) is 25.6 Å². The number of carboxylic acid groups (broad SMARTS) is 3. The van der Waals surface area contributed by atoms with E-state index in [9.17, 15) is 54.6 Å². The molecule has 1 fully saturated rings. The summed E-state index contributed by atoms with van der Waals surface area (Å²) < 4.78 is 0. The zero-order valence-electron chi connectivity index (χ0n) is 51.8. The Morgan fingerprint density at radius 1 is 0.705 bits per heavy atom. The molecule has 2 aromatic carbocycles. The highest BCUT2D eigenvalue weighted by atomic mass is 16.4. The quantitative estimate of drug-likeness (QED) is 0.0204. The average Bonchev–Trinajstić information content (AvgIpc) is 1.67. The van der Waals surface area contributed by atoms with E-state index in [0.29, 0.717) is 88.6 Å². The van der Waals surface area contributed by atoms with Crippen LogP contribution < -0.4 is 36.8 Å². The number of likely N-dealkylation sites (N-methyl/N-ethyl adjacent to an activating group) is 3. The number of nitrogens with zero attached hydrogens (tertiary/aromatic N) is 7. The number of unbranched alkanes of at least 4 members (excludes halogenated alkanes) is 5. The van der Waals surface area contributed by atoms with Gasteiger partial charge in [0, 0.05) is 63.8 Å².